The summed E-state index contributed by atoms with van der Waals surface area (Å²) in [5.74, 6) is -1.20. The first-order valence-electron chi connectivity index (χ1n) is 14.3. The number of ether oxygens (including phenoxy) is 4. The van der Waals surface area contributed by atoms with Crippen LogP contribution in [0.1, 0.15) is 56.2 Å². The van der Waals surface area contributed by atoms with E-state index in [4.69, 9.17) is 18.9 Å². The second-order valence-electron chi connectivity index (χ2n) is 11.7. The highest BCUT2D eigenvalue weighted by atomic mass is 19.4. The Morgan fingerprint density at radius 3 is 2.46 bits per heavy atom. The maximum Gasteiger partial charge on any atom is 0.416 e. The lowest BCUT2D eigenvalue weighted by Crippen LogP contribution is -2.60. The summed E-state index contributed by atoms with van der Waals surface area (Å²) in [5, 5.41) is 3.05. The van der Waals surface area contributed by atoms with Crippen molar-refractivity contribution in [3.05, 3.63) is 71.3 Å². The van der Waals surface area contributed by atoms with Gasteiger partial charge in [-0.15, -0.1) is 0 Å². The number of nitrogens with one attached hydrogen (secondary N) is 1. The molecular weight excluding hydrogens is 537 g/mol. The number of fused-ring (bicyclic) bond motifs is 1. The van der Waals surface area contributed by atoms with Crippen LogP contribution in [0.5, 0.6) is 0 Å². The Morgan fingerprint density at radius 2 is 1.73 bits per heavy atom. The fraction of sp³-hybridized carbons (Fsp3) is 0.581. The van der Waals surface area contributed by atoms with Crippen LogP contribution in [-0.4, -0.2) is 66.7 Å². The minimum atomic E-state index is -4.48. The second kappa shape index (κ2) is 12.4. The molecule has 10 heteroatoms. The summed E-state index contributed by atoms with van der Waals surface area (Å²) in [6.45, 7) is 6.96. The molecule has 0 aromatic heterocycles. The number of rotatable bonds is 10. The lowest BCUT2D eigenvalue weighted by molar-refractivity contribution is -0.183. The molecule has 0 unspecified atom stereocenters. The van der Waals surface area contributed by atoms with E-state index in [-0.39, 0.29) is 25.4 Å². The van der Waals surface area contributed by atoms with Gasteiger partial charge in [-0.05, 0) is 63.0 Å². The van der Waals surface area contributed by atoms with Crippen molar-refractivity contribution in [3.8, 4) is 0 Å². The van der Waals surface area contributed by atoms with Crippen molar-refractivity contribution in [1.29, 1.82) is 0 Å². The van der Waals surface area contributed by atoms with Crippen molar-refractivity contribution in [2.45, 2.75) is 88.6 Å². The number of alkyl halides is 3. The lowest BCUT2D eigenvalue weighted by atomic mass is 9.78. The third kappa shape index (κ3) is 7.48. The van der Waals surface area contributed by atoms with Gasteiger partial charge in [0.05, 0.1) is 31.0 Å². The molecule has 2 saturated heterocycles. The molecule has 1 saturated carbocycles. The largest absolute Gasteiger partial charge is 0.416 e. The third-order valence-corrected chi connectivity index (χ3v) is 8.05. The summed E-state index contributed by atoms with van der Waals surface area (Å²) in [6, 6.07) is 14.7. The number of hydrogen-bond donors (Lipinski definition) is 1. The van der Waals surface area contributed by atoms with Crippen LogP contribution in [0.25, 0.3) is 0 Å². The smallest absolute Gasteiger partial charge is 0.371 e. The maximum atomic E-state index is 13.9. The molecule has 3 fully saturated rings. The van der Waals surface area contributed by atoms with Gasteiger partial charge in [0.15, 0.2) is 11.4 Å². The van der Waals surface area contributed by atoms with E-state index in [1.807, 2.05) is 44.2 Å². The average molecular weight is 577 g/mol. The predicted octanol–water partition coefficient (Wildman–Crippen LogP) is 5.07. The highest BCUT2D eigenvalue weighted by Gasteiger charge is 2.58. The highest BCUT2D eigenvalue weighted by Crippen LogP contribution is 2.44. The number of benzene rings is 2. The second-order valence-corrected chi connectivity index (χ2v) is 11.7. The van der Waals surface area contributed by atoms with Crippen molar-refractivity contribution >= 4 is 5.91 Å². The molecule has 41 heavy (non-hydrogen) atoms. The minimum Gasteiger partial charge on any atom is -0.371 e. The fourth-order valence-corrected chi connectivity index (χ4v) is 6.04. The molecule has 5 rings (SSSR count). The molecule has 2 aliphatic heterocycles. The van der Waals surface area contributed by atoms with E-state index in [1.165, 1.54) is 6.07 Å². The number of carbonyl (C=O) groups excluding carboxylic acids is 1. The zero-order chi connectivity index (χ0) is 29.1. The standard InChI is InChI=1S/C31H39F3N2O5/c1-29(2)40-26-19-30(28(37)35-13-16-36-14-6-7-15-36,39-21-23-11-8-12-24(17-23)31(32,33)34)18-25(27(26)41-29)38-20-22-9-4-3-5-10-22/h3-5,8-12,17,25-27H,6-7,13-16,18-21H2,1-2H3,(H,35,37)/t25-,26+,27-,30+/m0/s1. The molecule has 1 aliphatic carbocycles. The number of carbonyl (C=O) groups is 1. The van der Waals surface area contributed by atoms with Crippen LogP contribution in [0.4, 0.5) is 13.2 Å². The summed E-state index contributed by atoms with van der Waals surface area (Å²) >= 11 is 0. The molecular formula is C31H39F3N2O5. The number of amides is 1. The van der Waals surface area contributed by atoms with Crippen molar-refractivity contribution < 1.29 is 36.9 Å². The Kier molecular flexibility index (Phi) is 9.06. The molecule has 224 valence electrons. The van der Waals surface area contributed by atoms with Gasteiger partial charge in [0.1, 0.15) is 6.10 Å². The first-order valence-corrected chi connectivity index (χ1v) is 14.3. The molecule has 2 aromatic rings. The molecule has 2 aromatic carbocycles. The zero-order valence-electron chi connectivity index (χ0n) is 23.6. The number of likely N-dealkylation sites (tertiary alicyclic amines) is 1. The molecule has 1 amide bonds. The molecule has 7 nitrogen and oxygen atoms in total. The Hall–Kier alpha value is -2.50. The first-order chi connectivity index (χ1) is 19.5. The summed E-state index contributed by atoms with van der Waals surface area (Å²) < 4.78 is 65.3. The van der Waals surface area contributed by atoms with Crippen LogP contribution in [0, 0.1) is 0 Å². The number of halogens is 3. The topological polar surface area (TPSA) is 69.3 Å². The van der Waals surface area contributed by atoms with Gasteiger partial charge in [0.2, 0.25) is 0 Å². The minimum absolute atomic E-state index is 0.170. The maximum absolute atomic E-state index is 13.9. The van der Waals surface area contributed by atoms with Gasteiger partial charge in [-0.3, -0.25) is 4.79 Å². The monoisotopic (exact) mass is 576 g/mol. The van der Waals surface area contributed by atoms with Crippen molar-refractivity contribution in [2.24, 2.45) is 0 Å². The number of hydrogen-bond acceptors (Lipinski definition) is 6. The van der Waals surface area contributed by atoms with Crippen LogP contribution in [-0.2, 0) is 43.1 Å². The Morgan fingerprint density at radius 1 is 1.00 bits per heavy atom. The lowest BCUT2D eigenvalue weighted by Gasteiger charge is -2.43. The molecule has 1 N–H and O–H groups in total. The zero-order valence-corrected chi connectivity index (χ0v) is 23.6. The SMILES string of the molecule is CC1(C)O[C@H]2[C@@H](OCc3ccccc3)C[C@](OCc3cccc(C(F)(F)F)c3)(C(=O)NCCN3CCCC3)C[C@H]2O1. The van der Waals surface area contributed by atoms with Crippen LogP contribution in [0.2, 0.25) is 0 Å². The van der Waals surface area contributed by atoms with Crippen LogP contribution >= 0.6 is 0 Å². The Bertz CT molecular complexity index is 1170. The van der Waals surface area contributed by atoms with E-state index in [9.17, 15) is 18.0 Å². The van der Waals surface area contributed by atoms with Gasteiger partial charge in [-0.25, -0.2) is 0 Å². The fourth-order valence-electron chi connectivity index (χ4n) is 6.04. The predicted molar refractivity (Wildman–Crippen MR) is 146 cm³/mol. The normalized spacial score (nSPS) is 28.0. The van der Waals surface area contributed by atoms with Crippen molar-refractivity contribution in [3.63, 3.8) is 0 Å². The molecule has 2 heterocycles. The van der Waals surface area contributed by atoms with E-state index in [2.05, 4.69) is 10.2 Å². The van der Waals surface area contributed by atoms with Crippen LogP contribution < -0.4 is 5.32 Å². The molecule has 4 atom stereocenters. The van der Waals surface area contributed by atoms with Gasteiger partial charge in [0.25, 0.3) is 5.91 Å². The summed E-state index contributed by atoms with van der Waals surface area (Å²) in [6.07, 6.45) is -3.27. The van der Waals surface area contributed by atoms with E-state index < -0.39 is 41.4 Å². The molecule has 3 aliphatic rings. The van der Waals surface area contributed by atoms with Gasteiger partial charge in [0, 0.05) is 25.9 Å². The highest BCUT2D eigenvalue weighted by molar-refractivity contribution is 5.85. The first kappa shape index (κ1) is 30.0. The Balaban J connectivity index is 1.38. The van der Waals surface area contributed by atoms with E-state index in [1.54, 1.807) is 6.07 Å². The van der Waals surface area contributed by atoms with E-state index in [0.717, 1.165) is 50.2 Å². The van der Waals surface area contributed by atoms with Gasteiger partial charge in [-0.2, -0.15) is 13.2 Å². The van der Waals surface area contributed by atoms with Gasteiger partial charge in [-0.1, -0.05) is 42.5 Å². The van der Waals surface area contributed by atoms with Crippen LogP contribution in [0.3, 0.4) is 0 Å². The van der Waals surface area contributed by atoms with Gasteiger partial charge >= 0.3 is 6.18 Å². The average Bonchev–Trinajstić information content (AvgIpc) is 3.57. The molecule has 0 bridgehead atoms. The third-order valence-electron chi connectivity index (χ3n) is 8.05. The number of nitrogens with zero attached hydrogens (tertiary/aromatic N) is 1. The summed E-state index contributed by atoms with van der Waals surface area (Å²) in [4.78, 5) is 16.2. The summed E-state index contributed by atoms with van der Waals surface area (Å²) in [5.41, 5.74) is -0.842. The summed E-state index contributed by atoms with van der Waals surface area (Å²) in [7, 11) is 0. The van der Waals surface area contributed by atoms with Crippen molar-refractivity contribution in [2.75, 3.05) is 26.2 Å². The van der Waals surface area contributed by atoms with Crippen LogP contribution in [0.15, 0.2) is 54.6 Å². The quantitative estimate of drug-likeness (QED) is 0.426. The van der Waals surface area contributed by atoms with Gasteiger partial charge < -0.3 is 29.2 Å². The van der Waals surface area contributed by atoms with E-state index >= 15 is 0 Å². The Labute approximate surface area is 239 Å². The van der Waals surface area contributed by atoms with Crippen molar-refractivity contribution in [1.82, 2.24) is 10.2 Å². The molecule has 0 radical (unpaired) electrons. The molecule has 0 spiro atoms. The van der Waals surface area contributed by atoms with E-state index in [0.29, 0.717) is 18.7 Å².